The van der Waals surface area contributed by atoms with Crippen molar-refractivity contribution >= 4 is 46.4 Å². The second-order valence-electron chi connectivity index (χ2n) is 9.85. The summed E-state index contributed by atoms with van der Waals surface area (Å²) in [6.07, 6.45) is 1.81. The Kier molecular flexibility index (Phi) is 7.07. The van der Waals surface area contributed by atoms with Gasteiger partial charge in [0, 0.05) is 83.7 Å². The van der Waals surface area contributed by atoms with Gasteiger partial charge in [0.1, 0.15) is 11.5 Å². The molecule has 1 saturated heterocycles. The number of piperazine rings is 1. The van der Waals surface area contributed by atoms with Crippen LogP contribution in [0.1, 0.15) is 15.9 Å². The third kappa shape index (κ3) is 5.59. The number of carbonyl (C=O) groups is 2. The molecule has 10 nitrogen and oxygen atoms in total. The highest BCUT2D eigenvalue weighted by Gasteiger charge is 2.24. The van der Waals surface area contributed by atoms with E-state index in [9.17, 15) is 14.7 Å². The summed E-state index contributed by atoms with van der Waals surface area (Å²) in [7, 11) is 1.56. The first kappa shape index (κ1) is 26.4. The predicted octanol–water partition coefficient (Wildman–Crippen LogP) is 4.71. The molecule has 0 aliphatic carbocycles. The number of nitrogens with one attached hydrogen (secondary N) is 2. The number of benzene rings is 3. The predicted molar refractivity (Wildman–Crippen MR) is 157 cm³/mol. The molecule has 208 valence electrons. The van der Waals surface area contributed by atoms with Crippen LogP contribution in [0.3, 0.4) is 0 Å². The van der Waals surface area contributed by atoms with E-state index in [2.05, 4.69) is 20.5 Å². The Morgan fingerprint density at radius 1 is 1.05 bits per heavy atom. The molecule has 4 aromatic rings. The number of anilines is 4. The van der Waals surface area contributed by atoms with Crippen LogP contribution in [0.2, 0.25) is 5.02 Å². The van der Waals surface area contributed by atoms with E-state index in [1.54, 1.807) is 49.7 Å². The number of rotatable bonds is 5. The van der Waals surface area contributed by atoms with Gasteiger partial charge in [0.05, 0.1) is 24.9 Å². The van der Waals surface area contributed by atoms with E-state index in [0.717, 1.165) is 22.5 Å². The van der Waals surface area contributed by atoms with Crippen LogP contribution >= 0.6 is 11.6 Å². The maximum Gasteiger partial charge on any atom is 0.253 e. The summed E-state index contributed by atoms with van der Waals surface area (Å²) >= 11 is 6.14. The third-order valence-corrected chi connectivity index (χ3v) is 7.39. The van der Waals surface area contributed by atoms with E-state index in [-0.39, 0.29) is 24.0 Å². The second-order valence-corrected chi connectivity index (χ2v) is 10.3. The number of amides is 2. The largest absolute Gasteiger partial charge is 0.508 e. The molecule has 3 N–H and O–H groups in total. The lowest BCUT2D eigenvalue weighted by Crippen LogP contribution is -2.48. The van der Waals surface area contributed by atoms with Crippen molar-refractivity contribution in [2.75, 3.05) is 48.8 Å². The Balaban J connectivity index is 1.12. The molecule has 0 saturated carbocycles. The number of fused-ring (bicyclic) bond motifs is 3. The Hall–Kier alpha value is -4.83. The zero-order chi connectivity index (χ0) is 28.5. The number of hydrogen-bond donors (Lipinski definition) is 3. The van der Waals surface area contributed by atoms with Crippen molar-refractivity contribution in [3.63, 3.8) is 0 Å². The number of ether oxygens (including phenoxy) is 1. The topological polar surface area (TPSA) is 120 Å². The summed E-state index contributed by atoms with van der Waals surface area (Å²) in [6, 6.07) is 17.6. The van der Waals surface area contributed by atoms with E-state index in [1.165, 1.54) is 0 Å². The third-order valence-electron chi connectivity index (χ3n) is 7.16. The quantitative estimate of drug-likeness (QED) is 0.315. The highest BCUT2D eigenvalue weighted by Crippen LogP contribution is 2.35. The molecule has 0 bridgehead atoms. The minimum atomic E-state index is -0.155. The lowest BCUT2D eigenvalue weighted by molar-refractivity contribution is -0.115. The molecule has 2 amide bonds. The Morgan fingerprint density at radius 2 is 1.83 bits per heavy atom. The number of carbonyl (C=O) groups excluding carboxylic acids is 2. The number of hydrogen-bond acceptors (Lipinski definition) is 8. The van der Waals surface area contributed by atoms with Crippen molar-refractivity contribution in [1.82, 2.24) is 14.9 Å². The lowest BCUT2D eigenvalue weighted by atomic mass is 10.1. The van der Waals surface area contributed by atoms with Gasteiger partial charge >= 0.3 is 0 Å². The summed E-state index contributed by atoms with van der Waals surface area (Å²) in [5.41, 5.74) is 4.92. The Morgan fingerprint density at radius 3 is 2.59 bits per heavy atom. The van der Waals surface area contributed by atoms with Crippen LogP contribution in [0.4, 0.5) is 23.0 Å². The number of aromatic hydroxyl groups is 1. The van der Waals surface area contributed by atoms with E-state index < -0.39 is 0 Å². The smallest absolute Gasteiger partial charge is 0.253 e. The highest BCUT2D eigenvalue weighted by atomic mass is 35.5. The van der Waals surface area contributed by atoms with Gasteiger partial charge in [-0.15, -0.1) is 0 Å². The van der Waals surface area contributed by atoms with Crippen LogP contribution in [-0.2, 0) is 11.2 Å². The van der Waals surface area contributed by atoms with Crippen molar-refractivity contribution in [3.05, 3.63) is 83.0 Å². The van der Waals surface area contributed by atoms with Gasteiger partial charge in [-0.3, -0.25) is 9.59 Å². The zero-order valence-electron chi connectivity index (χ0n) is 22.2. The van der Waals surface area contributed by atoms with Gasteiger partial charge in [-0.05, 0) is 42.5 Å². The van der Waals surface area contributed by atoms with Crippen LogP contribution in [0.25, 0.3) is 11.3 Å². The van der Waals surface area contributed by atoms with Crippen LogP contribution in [-0.4, -0.2) is 65.1 Å². The van der Waals surface area contributed by atoms with Gasteiger partial charge in [0.15, 0.2) is 0 Å². The number of nitrogens with zero attached hydrogens (tertiary/aromatic N) is 4. The van der Waals surface area contributed by atoms with E-state index in [4.69, 9.17) is 21.3 Å². The molecule has 41 heavy (non-hydrogen) atoms. The highest BCUT2D eigenvalue weighted by molar-refractivity contribution is 6.31. The second kappa shape index (κ2) is 11.0. The van der Waals surface area contributed by atoms with Gasteiger partial charge in [0.2, 0.25) is 11.9 Å². The summed E-state index contributed by atoms with van der Waals surface area (Å²) in [5.74, 6) is 0.907. The fourth-order valence-corrected chi connectivity index (χ4v) is 5.24. The fraction of sp³-hybridized carbons (Fsp3) is 0.200. The van der Waals surface area contributed by atoms with Crippen LogP contribution in [0.5, 0.6) is 11.5 Å². The minimum absolute atomic E-state index is 0.0431. The van der Waals surface area contributed by atoms with E-state index in [0.29, 0.717) is 59.8 Å². The zero-order valence-corrected chi connectivity index (χ0v) is 23.0. The van der Waals surface area contributed by atoms with Crippen molar-refractivity contribution in [2.45, 2.75) is 6.42 Å². The first-order valence-electron chi connectivity index (χ1n) is 13.1. The molecule has 2 aliphatic heterocycles. The Labute approximate surface area is 241 Å². The van der Waals surface area contributed by atoms with Crippen molar-refractivity contribution in [1.29, 1.82) is 0 Å². The molecule has 3 heterocycles. The van der Waals surface area contributed by atoms with Gasteiger partial charge < -0.3 is 30.3 Å². The van der Waals surface area contributed by atoms with Crippen molar-refractivity contribution in [3.8, 4) is 22.8 Å². The van der Waals surface area contributed by atoms with E-state index in [1.807, 2.05) is 29.2 Å². The number of phenolic OH excluding ortho intramolecular Hbond substituents is 1. The van der Waals surface area contributed by atoms with E-state index >= 15 is 0 Å². The normalized spacial score (nSPS) is 14.4. The molecule has 3 aromatic carbocycles. The molecule has 0 atom stereocenters. The molecule has 1 fully saturated rings. The van der Waals surface area contributed by atoms with Gasteiger partial charge in [-0.1, -0.05) is 11.6 Å². The molecular weight excluding hydrogens is 544 g/mol. The monoisotopic (exact) mass is 570 g/mol. The van der Waals surface area contributed by atoms with Crippen LogP contribution in [0, 0.1) is 0 Å². The van der Waals surface area contributed by atoms with Crippen LogP contribution in [0.15, 0.2) is 66.9 Å². The maximum atomic E-state index is 13.2. The molecule has 11 heteroatoms. The average Bonchev–Trinajstić information content (AvgIpc) is 3.11. The summed E-state index contributed by atoms with van der Waals surface area (Å²) in [4.78, 5) is 38.6. The standard InChI is InChI=1S/C30H27ClN6O4/c1-41-24-15-22(14-23(38)16-24)36-8-10-37(11-9-36)29(40)18-2-5-21(6-3-18)33-30-32-17-19-12-27(39)34-26-13-20(31)4-7-25(26)28(19)35-30/h2-7,13-17,38H,8-12H2,1H3,(H,34,39)(H,32,33,35). The molecule has 0 radical (unpaired) electrons. The molecule has 1 aromatic heterocycles. The average molecular weight is 571 g/mol. The van der Waals surface area contributed by atoms with Gasteiger partial charge in [-0.25, -0.2) is 9.97 Å². The molecule has 0 unspecified atom stereocenters. The molecule has 6 rings (SSSR count). The number of aromatic nitrogens is 2. The summed E-state index contributed by atoms with van der Waals surface area (Å²) in [5, 5.41) is 16.6. The van der Waals surface area contributed by atoms with Crippen LogP contribution < -0.4 is 20.3 Å². The summed E-state index contributed by atoms with van der Waals surface area (Å²) in [6.45, 7) is 2.40. The molecular formula is C30H27ClN6O4. The van der Waals surface area contributed by atoms with Crippen molar-refractivity contribution < 1.29 is 19.4 Å². The first-order chi connectivity index (χ1) is 19.9. The number of methoxy groups -OCH3 is 1. The van der Waals surface area contributed by atoms with Gasteiger partial charge in [0.25, 0.3) is 5.91 Å². The SMILES string of the molecule is COc1cc(O)cc(N2CCN(C(=O)c3ccc(Nc4ncc5c(n4)-c4ccc(Cl)cc4NC(=O)C5)cc3)CC2)c1. The summed E-state index contributed by atoms with van der Waals surface area (Å²) < 4.78 is 5.26. The van der Waals surface area contributed by atoms with Gasteiger partial charge in [-0.2, -0.15) is 0 Å². The number of phenols is 1. The first-order valence-corrected chi connectivity index (χ1v) is 13.5. The molecule has 2 aliphatic rings. The lowest BCUT2D eigenvalue weighted by Gasteiger charge is -2.36. The maximum absolute atomic E-state index is 13.2. The minimum Gasteiger partial charge on any atom is -0.508 e. The Bertz CT molecular complexity index is 1640. The number of halogens is 1. The molecule has 0 spiro atoms. The fourth-order valence-electron chi connectivity index (χ4n) is 5.07. The van der Waals surface area contributed by atoms with Crippen molar-refractivity contribution in [2.24, 2.45) is 0 Å².